The molecule has 2 fully saturated rings. The van der Waals surface area contributed by atoms with Crippen LogP contribution in [0.3, 0.4) is 0 Å². The number of halogens is 3. The number of hydrogen-bond donors (Lipinski definition) is 2. The number of amidine groups is 1. The van der Waals surface area contributed by atoms with Crippen LogP contribution in [0, 0.1) is 17.6 Å². The molecule has 202 valence electrons. The van der Waals surface area contributed by atoms with Crippen LogP contribution in [-0.2, 0) is 19.1 Å². The molecule has 0 spiro atoms. The number of nitrogens with one attached hydrogen (secondary N) is 1. The molecule has 2 bridgehead atoms. The SMILES string of the molecule is COC(=O)C1=C(CN2[C@@H]3COC[C@H]2CC(CC(=O)O)C3)NC(c2nccs2)=N[C@H]1c1ccc(F)c(F)c1Cl. The normalized spacial score (nSPS) is 25.5. The molecule has 1 aromatic carbocycles. The van der Waals surface area contributed by atoms with Gasteiger partial charge in [-0.1, -0.05) is 17.7 Å². The molecule has 0 amide bonds. The van der Waals surface area contributed by atoms with Gasteiger partial charge < -0.3 is 19.9 Å². The van der Waals surface area contributed by atoms with Crippen LogP contribution in [0.4, 0.5) is 8.78 Å². The van der Waals surface area contributed by atoms with Crippen molar-refractivity contribution in [2.75, 3.05) is 26.9 Å². The molecule has 38 heavy (non-hydrogen) atoms. The van der Waals surface area contributed by atoms with E-state index in [0.717, 1.165) is 6.07 Å². The number of aliphatic imine (C=N–C) groups is 1. The number of rotatable bonds is 7. The van der Waals surface area contributed by atoms with E-state index in [4.69, 9.17) is 21.1 Å². The molecule has 0 radical (unpaired) electrons. The van der Waals surface area contributed by atoms with Crippen molar-refractivity contribution >= 4 is 40.7 Å². The third kappa shape index (κ3) is 5.18. The topological polar surface area (TPSA) is 113 Å². The lowest BCUT2D eigenvalue weighted by atomic mass is 9.82. The Morgan fingerprint density at radius 2 is 2.03 bits per heavy atom. The van der Waals surface area contributed by atoms with Gasteiger partial charge in [-0.15, -0.1) is 11.3 Å². The number of ether oxygens (including phenoxy) is 2. The predicted molar refractivity (Wildman–Crippen MR) is 135 cm³/mol. The molecule has 0 aliphatic carbocycles. The summed E-state index contributed by atoms with van der Waals surface area (Å²) in [4.78, 5) is 35.7. The van der Waals surface area contributed by atoms with Crippen LogP contribution >= 0.6 is 22.9 Å². The highest BCUT2D eigenvalue weighted by atomic mass is 35.5. The molecule has 3 aliphatic rings. The van der Waals surface area contributed by atoms with Crippen molar-refractivity contribution < 1.29 is 33.0 Å². The first-order chi connectivity index (χ1) is 18.3. The molecule has 3 aliphatic heterocycles. The number of nitrogens with zero attached hydrogens (tertiary/aromatic N) is 3. The average molecular weight is 567 g/mol. The van der Waals surface area contributed by atoms with Crippen molar-refractivity contribution in [3.8, 4) is 0 Å². The fraction of sp³-hybridized carbons (Fsp3) is 0.440. The number of esters is 1. The lowest BCUT2D eigenvalue weighted by molar-refractivity contribution is -0.141. The smallest absolute Gasteiger partial charge is 0.338 e. The van der Waals surface area contributed by atoms with Crippen molar-refractivity contribution in [3.63, 3.8) is 0 Å². The molecule has 9 nitrogen and oxygen atoms in total. The number of aliphatic carboxylic acids is 1. The van der Waals surface area contributed by atoms with Gasteiger partial charge in [0.25, 0.3) is 0 Å². The Morgan fingerprint density at radius 3 is 2.66 bits per heavy atom. The van der Waals surface area contributed by atoms with E-state index >= 15 is 0 Å². The minimum atomic E-state index is -1.23. The van der Waals surface area contributed by atoms with Crippen LogP contribution in [0.5, 0.6) is 0 Å². The number of aromatic nitrogens is 1. The summed E-state index contributed by atoms with van der Waals surface area (Å²) in [6, 6.07) is 1.04. The Labute approximate surface area is 226 Å². The van der Waals surface area contributed by atoms with Crippen LogP contribution in [0.25, 0.3) is 0 Å². The van der Waals surface area contributed by atoms with Crippen molar-refractivity contribution in [1.82, 2.24) is 15.2 Å². The summed E-state index contributed by atoms with van der Waals surface area (Å²) >= 11 is 7.55. The van der Waals surface area contributed by atoms with Gasteiger partial charge in [-0.3, -0.25) is 14.7 Å². The highest BCUT2D eigenvalue weighted by Gasteiger charge is 2.42. The summed E-state index contributed by atoms with van der Waals surface area (Å²) in [6.45, 7) is 1.13. The van der Waals surface area contributed by atoms with E-state index < -0.39 is 34.6 Å². The van der Waals surface area contributed by atoms with Crippen LogP contribution < -0.4 is 5.32 Å². The second-order valence-corrected chi connectivity index (χ2v) is 10.7. The maximum atomic E-state index is 14.5. The molecule has 2 N–H and O–H groups in total. The first-order valence-electron chi connectivity index (χ1n) is 12.0. The van der Waals surface area contributed by atoms with Gasteiger partial charge >= 0.3 is 11.9 Å². The molecule has 1 unspecified atom stereocenters. The molecule has 13 heteroatoms. The fourth-order valence-corrected chi connectivity index (χ4v) is 6.30. The number of fused-ring (bicyclic) bond motifs is 2. The van der Waals surface area contributed by atoms with Crippen LogP contribution in [0.2, 0.25) is 5.02 Å². The number of benzene rings is 1. The molecule has 4 heterocycles. The Morgan fingerprint density at radius 1 is 1.29 bits per heavy atom. The Bertz CT molecular complexity index is 1290. The van der Waals surface area contributed by atoms with E-state index in [-0.39, 0.29) is 42.1 Å². The number of carboxylic acids is 1. The monoisotopic (exact) mass is 566 g/mol. The van der Waals surface area contributed by atoms with Crippen molar-refractivity contribution in [3.05, 3.63) is 62.2 Å². The van der Waals surface area contributed by atoms with Gasteiger partial charge in [-0.25, -0.2) is 18.6 Å². The summed E-state index contributed by atoms with van der Waals surface area (Å²) in [7, 11) is 1.23. The van der Waals surface area contributed by atoms with Gasteiger partial charge in [-0.05, 0) is 24.8 Å². The van der Waals surface area contributed by atoms with E-state index in [0.29, 0.717) is 42.6 Å². The Hall–Kier alpha value is -2.93. The lowest BCUT2D eigenvalue weighted by Crippen LogP contribution is -2.58. The summed E-state index contributed by atoms with van der Waals surface area (Å²) < 4.78 is 39.3. The molecule has 5 rings (SSSR count). The number of morpholine rings is 1. The van der Waals surface area contributed by atoms with Crippen molar-refractivity contribution in [2.24, 2.45) is 10.9 Å². The van der Waals surface area contributed by atoms with E-state index in [1.54, 1.807) is 11.6 Å². The number of carbonyl (C=O) groups is 2. The summed E-state index contributed by atoms with van der Waals surface area (Å²) in [5.41, 5.74) is 0.700. The average Bonchev–Trinajstić information content (AvgIpc) is 3.42. The van der Waals surface area contributed by atoms with E-state index in [9.17, 15) is 23.5 Å². The van der Waals surface area contributed by atoms with E-state index in [1.807, 2.05) is 0 Å². The van der Waals surface area contributed by atoms with Gasteiger partial charge in [0.05, 0.1) is 30.9 Å². The van der Waals surface area contributed by atoms with Crippen molar-refractivity contribution in [1.29, 1.82) is 0 Å². The number of piperidine rings is 1. The van der Waals surface area contributed by atoms with E-state index in [2.05, 4.69) is 20.2 Å². The molecular formula is C25H25ClF2N4O5S. The van der Waals surface area contributed by atoms with Crippen molar-refractivity contribution in [2.45, 2.75) is 37.4 Å². The van der Waals surface area contributed by atoms with Gasteiger partial charge in [0, 0.05) is 47.9 Å². The zero-order chi connectivity index (χ0) is 27.0. The third-order valence-electron chi connectivity index (χ3n) is 7.10. The first kappa shape index (κ1) is 26.7. The minimum absolute atomic E-state index is 0.0252. The van der Waals surface area contributed by atoms with Gasteiger partial charge in [0.1, 0.15) is 6.04 Å². The minimum Gasteiger partial charge on any atom is -0.481 e. The van der Waals surface area contributed by atoms with Crippen LogP contribution in [0.1, 0.15) is 35.9 Å². The maximum Gasteiger partial charge on any atom is 0.338 e. The summed E-state index contributed by atoms with van der Waals surface area (Å²) in [5, 5.41) is 14.4. The highest BCUT2D eigenvalue weighted by Crippen LogP contribution is 2.39. The highest BCUT2D eigenvalue weighted by molar-refractivity contribution is 7.11. The van der Waals surface area contributed by atoms with Gasteiger partial charge in [0.15, 0.2) is 22.5 Å². The van der Waals surface area contributed by atoms with Gasteiger partial charge in [0.2, 0.25) is 0 Å². The first-order valence-corrected chi connectivity index (χ1v) is 13.3. The summed E-state index contributed by atoms with van der Waals surface area (Å²) in [6.07, 6.45) is 2.97. The number of methoxy groups -OCH3 is 1. The van der Waals surface area contributed by atoms with Gasteiger partial charge in [-0.2, -0.15) is 0 Å². The Kier molecular flexibility index (Phi) is 7.75. The standard InChI is InChI=1S/C25H25ClF2N4O5S/c1-36-25(35)19-17(9-32-13-6-12(8-18(33)34)7-14(32)11-37-10-13)30-23(24-29-4-5-38-24)31-22(19)15-2-3-16(27)21(28)20(15)26/h2-5,12-14,22H,6-11H2,1H3,(H,30,31)(H,33,34)/t12?,13-,14+,22-/m0/s1. The summed E-state index contributed by atoms with van der Waals surface area (Å²) in [5.74, 6) is -3.48. The number of carbonyl (C=O) groups excluding carboxylic acids is 1. The van der Waals surface area contributed by atoms with Crippen LogP contribution in [0.15, 0.2) is 40.0 Å². The van der Waals surface area contributed by atoms with Crippen LogP contribution in [-0.4, -0.2) is 71.7 Å². The quantitative estimate of drug-likeness (QED) is 0.386. The number of hydrogen-bond acceptors (Lipinski definition) is 9. The second-order valence-electron chi connectivity index (χ2n) is 9.44. The third-order valence-corrected chi connectivity index (χ3v) is 8.26. The Balaban J connectivity index is 1.57. The molecule has 2 saturated heterocycles. The second kappa shape index (κ2) is 11.0. The zero-order valence-electron chi connectivity index (χ0n) is 20.3. The molecule has 1 aromatic heterocycles. The number of carboxylic acid groups (broad SMARTS) is 1. The maximum absolute atomic E-state index is 14.5. The molecule has 0 saturated carbocycles. The van der Waals surface area contributed by atoms with E-state index in [1.165, 1.54) is 24.5 Å². The molecule has 4 atom stereocenters. The zero-order valence-corrected chi connectivity index (χ0v) is 21.9. The molecule has 2 aromatic rings. The largest absolute Gasteiger partial charge is 0.481 e. The molecular weight excluding hydrogens is 542 g/mol. The fourth-order valence-electron chi connectivity index (χ4n) is 5.45. The lowest BCUT2D eigenvalue weighted by Gasteiger charge is -2.49. The predicted octanol–water partition coefficient (Wildman–Crippen LogP) is 3.55. The number of thiazole rings is 1.